The third-order valence-electron chi connectivity index (χ3n) is 6.82. The number of Topliss-reactive ketones (excluding diaryl/α,β-unsaturated/α-hetero) is 1. The molecule has 0 saturated carbocycles. The van der Waals surface area contributed by atoms with Gasteiger partial charge in [0.05, 0.1) is 30.2 Å². The maximum absolute atomic E-state index is 12.8. The summed E-state index contributed by atoms with van der Waals surface area (Å²) in [7, 11) is -1.96. The largest absolute Gasteiger partial charge is 0.494 e. The molecule has 0 aliphatic rings. The predicted octanol–water partition coefficient (Wildman–Crippen LogP) is 5.60. The number of carbonyl (C=O) groups is 3. The average Bonchev–Trinajstić information content (AvgIpc) is 2.99. The number of amides is 1. The van der Waals surface area contributed by atoms with Gasteiger partial charge in [-0.25, -0.2) is 13.2 Å². The highest BCUT2D eigenvalue weighted by Crippen LogP contribution is 2.30. The summed E-state index contributed by atoms with van der Waals surface area (Å²) in [5.74, 6) is -0.155. The molecule has 0 aliphatic heterocycles. The molecule has 1 N–H and O–H groups in total. The number of rotatable bonds is 16. The lowest BCUT2D eigenvalue weighted by molar-refractivity contribution is -0.118. The number of sulfone groups is 1. The fourth-order valence-electron chi connectivity index (χ4n) is 4.29. The topological polar surface area (TPSA) is 125 Å². The Bertz CT molecular complexity index is 1500. The number of carbonyl (C=O) groups excluding carboxylic acids is 3. The van der Waals surface area contributed by atoms with Gasteiger partial charge < -0.3 is 19.5 Å². The van der Waals surface area contributed by atoms with E-state index in [1.54, 1.807) is 42.5 Å². The summed E-state index contributed by atoms with van der Waals surface area (Å²) in [6.45, 7) is 4.18. The highest BCUT2D eigenvalue weighted by Gasteiger charge is 2.21. The molecule has 0 heterocycles. The van der Waals surface area contributed by atoms with Crippen LogP contribution in [0.4, 0.5) is 0 Å². The summed E-state index contributed by atoms with van der Waals surface area (Å²) in [5.41, 5.74) is 1.24. The minimum absolute atomic E-state index is 0.0922. The number of benzene rings is 3. The molecule has 0 saturated heterocycles. The number of ether oxygens (including phenoxy) is 3. The van der Waals surface area contributed by atoms with Crippen molar-refractivity contribution in [2.24, 2.45) is 0 Å². The molecular weight excluding hydrogens is 570 g/mol. The second-order valence-corrected chi connectivity index (χ2v) is 12.3. The number of nitrogens with one attached hydrogen (secondary N) is 1. The van der Waals surface area contributed by atoms with Crippen molar-refractivity contribution < 1.29 is 37.0 Å². The zero-order valence-corrected chi connectivity index (χ0v) is 25.9. The molecule has 230 valence electrons. The average molecular weight is 610 g/mol. The maximum Gasteiger partial charge on any atom is 0.343 e. The summed E-state index contributed by atoms with van der Waals surface area (Å²) in [5, 5.41) is 2.70. The molecular formula is C33H39NO8S. The van der Waals surface area contributed by atoms with Gasteiger partial charge in [-0.3, -0.25) is 9.59 Å². The minimum atomic E-state index is -3.40. The highest BCUT2D eigenvalue weighted by atomic mass is 32.2. The van der Waals surface area contributed by atoms with Crippen molar-refractivity contribution >= 4 is 27.5 Å². The van der Waals surface area contributed by atoms with Crippen LogP contribution in [0.3, 0.4) is 0 Å². The molecule has 3 aromatic rings. The Morgan fingerprint density at radius 2 is 1.49 bits per heavy atom. The van der Waals surface area contributed by atoms with Crippen LogP contribution in [-0.4, -0.2) is 52.1 Å². The Morgan fingerprint density at radius 3 is 2.09 bits per heavy atom. The Kier molecular flexibility index (Phi) is 12.3. The molecule has 0 aromatic heterocycles. The van der Waals surface area contributed by atoms with E-state index in [-0.39, 0.29) is 28.4 Å². The molecule has 1 unspecified atom stereocenters. The van der Waals surface area contributed by atoms with E-state index in [0.717, 1.165) is 19.1 Å². The predicted molar refractivity (Wildman–Crippen MR) is 164 cm³/mol. The molecule has 0 aliphatic carbocycles. The van der Waals surface area contributed by atoms with E-state index in [9.17, 15) is 22.8 Å². The molecule has 3 rings (SSSR count). The van der Waals surface area contributed by atoms with Crippen molar-refractivity contribution in [3.8, 4) is 17.2 Å². The summed E-state index contributed by atoms with van der Waals surface area (Å²) >= 11 is 0. The van der Waals surface area contributed by atoms with Gasteiger partial charge in [-0.1, -0.05) is 38.7 Å². The first-order chi connectivity index (χ1) is 20.5. The molecule has 9 nitrogen and oxygen atoms in total. The lowest BCUT2D eigenvalue weighted by Crippen LogP contribution is -2.41. The molecule has 3 aromatic carbocycles. The van der Waals surface area contributed by atoms with Crippen LogP contribution in [0.25, 0.3) is 0 Å². The van der Waals surface area contributed by atoms with E-state index in [1.807, 2.05) is 0 Å². The Balaban J connectivity index is 1.61. The molecule has 1 atom stereocenters. The zero-order chi connectivity index (χ0) is 31.4. The van der Waals surface area contributed by atoms with Crippen molar-refractivity contribution in [1.82, 2.24) is 5.32 Å². The Morgan fingerprint density at radius 1 is 0.837 bits per heavy atom. The summed E-state index contributed by atoms with van der Waals surface area (Å²) in [6, 6.07) is 16.3. The SMILES string of the molecule is CCCCCCCOc1ccc(C(=O)Oc2ccc(CC(NC(=O)c3ccc(S(C)(=O)=O)cc3)C(C)=O)cc2OC)cc1. The van der Waals surface area contributed by atoms with Crippen molar-refractivity contribution in [3.63, 3.8) is 0 Å². The van der Waals surface area contributed by atoms with Gasteiger partial charge in [0.25, 0.3) is 5.91 Å². The third-order valence-corrected chi connectivity index (χ3v) is 7.95. The fourth-order valence-corrected chi connectivity index (χ4v) is 4.92. The highest BCUT2D eigenvalue weighted by molar-refractivity contribution is 7.90. The number of ketones is 1. The molecule has 10 heteroatoms. The van der Waals surface area contributed by atoms with E-state index in [4.69, 9.17) is 14.2 Å². The van der Waals surface area contributed by atoms with Crippen molar-refractivity contribution in [3.05, 3.63) is 83.4 Å². The van der Waals surface area contributed by atoms with Gasteiger partial charge in [0.2, 0.25) is 0 Å². The number of methoxy groups -OCH3 is 1. The van der Waals surface area contributed by atoms with Crippen LogP contribution in [0.15, 0.2) is 71.6 Å². The van der Waals surface area contributed by atoms with E-state index < -0.39 is 27.8 Å². The van der Waals surface area contributed by atoms with Crippen LogP contribution in [-0.2, 0) is 21.1 Å². The van der Waals surface area contributed by atoms with Crippen LogP contribution in [0, 0.1) is 0 Å². The van der Waals surface area contributed by atoms with Gasteiger partial charge in [0.1, 0.15) is 5.75 Å². The number of esters is 1. The van der Waals surface area contributed by atoms with Crippen LogP contribution >= 0.6 is 0 Å². The second kappa shape index (κ2) is 15.9. The third kappa shape index (κ3) is 10.2. The molecule has 43 heavy (non-hydrogen) atoms. The first-order valence-corrected chi connectivity index (χ1v) is 16.1. The minimum Gasteiger partial charge on any atom is -0.494 e. The lowest BCUT2D eigenvalue weighted by atomic mass is 10.0. The zero-order valence-electron chi connectivity index (χ0n) is 25.1. The molecule has 0 fully saturated rings. The molecule has 0 radical (unpaired) electrons. The monoisotopic (exact) mass is 609 g/mol. The lowest BCUT2D eigenvalue weighted by Gasteiger charge is -2.17. The summed E-state index contributed by atoms with van der Waals surface area (Å²) in [4.78, 5) is 38.0. The van der Waals surface area contributed by atoms with Crippen LogP contribution < -0.4 is 19.5 Å². The van der Waals surface area contributed by atoms with Gasteiger partial charge in [-0.15, -0.1) is 0 Å². The van der Waals surface area contributed by atoms with Gasteiger partial charge in [0.15, 0.2) is 27.1 Å². The summed E-state index contributed by atoms with van der Waals surface area (Å²) < 4.78 is 40.1. The Labute approximate surface area is 253 Å². The fraction of sp³-hybridized carbons (Fsp3) is 0.364. The summed E-state index contributed by atoms with van der Waals surface area (Å²) in [6.07, 6.45) is 6.99. The van der Waals surface area contributed by atoms with Crippen LogP contribution in [0.2, 0.25) is 0 Å². The quantitative estimate of drug-likeness (QED) is 0.126. The Hall–Kier alpha value is -4.18. The van der Waals surface area contributed by atoms with Crippen molar-refractivity contribution in [2.75, 3.05) is 20.0 Å². The first-order valence-electron chi connectivity index (χ1n) is 14.2. The van der Waals surface area contributed by atoms with Crippen molar-refractivity contribution in [1.29, 1.82) is 0 Å². The van der Waals surface area contributed by atoms with E-state index >= 15 is 0 Å². The van der Waals surface area contributed by atoms with Gasteiger partial charge >= 0.3 is 5.97 Å². The van der Waals surface area contributed by atoms with Gasteiger partial charge in [0, 0.05) is 11.8 Å². The molecule has 0 spiro atoms. The normalized spacial score (nSPS) is 11.8. The molecule has 1 amide bonds. The smallest absolute Gasteiger partial charge is 0.343 e. The standard InChI is InChI=1S/C33H39NO8S/c1-5-6-7-8-9-20-41-27-15-11-26(12-16-27)33(37)42-30-19-10-24(22-31(30)40-3)21-29(23(2)35)34-32(36)25-13-17-28(18-14-25)43(4,38)39/h10-19,22,29H,5-9,20-21H2,1-4H3,(H,34,36). The van der Waals surface area contributed by atoms with E-state index in [2.05, 4.69) is 12.2 Å². The second-order valence-electron chi connectivity index (χ2n) is 10.3. The number of hydrogen-bond acceptors (Lipinski definition) is 8. The van der Waals surface area contributed by atoms with Gasteiger partial charge in [-0.05, 0) is 86.0 Å². The first kappa shape index (κ1) is 33.3. The maximum atomic E-state index is 12.8. The van der Waals surface area contributed by atoms with Crippen LogP contribution in [0.5, 0.6) is 17.2 Å². The number of hydrogen-bond donors (Lipinski definition) is 1. The van der Waals surface area contributed by atoms with Crippen LogP contribution in [0.1, 0.15) is 72.2 Å². The van der Waals surface area contributed by atoms with Gasteiger partial charge in [-0.2, -0.15) is 0 Å². The van der Waals surface area contributed by atoms with E-state index in [1.165, 1.54) is 57.6 Å². The van der Waals surface area contributed by atoms with Crippen molar-refractivity contribution in [2.45, 2.75) is 63.3 Å². The number of unbranched alkanes of at least 4 members (excludes halogenated alkanes) is 4. The molecule has 0 bridgehead atoms. The van der Waals surface area contributed by atoms with E-state index in [0.29, 0.717) is 29.2 Å².